The third kappa shape index (κ3) is 3.57. The number of hydrogen-bond donors (Lipinski definition) is 1. The number of fused-ring (bicyclic) bond motifs is 1. The Morgan fingerprint density at radius 2 is 2.04 bits per heavy atom. The molecule has 1 atom stereocenters. The van der Waals surface area contributed by atoms with E-state index in [-0.39, 0.29) is 11.5 Å². The van der Waals surface area contributed by atoms with Gasteiger partial charge in [0.1, 0.15) is 12.4 Å². The molecule has 1 unspecified atom stereocenters. The van der Waals surface area contributed by atoms with E-state index >= 15 is 0 Å². The number of aromatic carboxylic acids is 1. The van der Waals surface area contributed by atoms with Crippen LogP contribution in [0.25, 0.3) is 0 Å². The molecule has 2 aromatic carbocycles. The van der Waals surface area contributed by atoms with Gasteiger partial charge in [-0.2, -0.15) is 0 Å². The van der Waals surface area contributed by atoms with Gasteiger partial charge in [-0.1, -0.05) is 41.9 Å². The molecule has 1 aliphatic heterocycles. The van der Waals surface area contributed by atoms with Gasteiger partial charge in [0.15, 0.2) is 0 Å². The van der Waals surface area contributed by atoms with Gasteiger partial charge in [-0.05, 0) is 53.7 Å². The van der Waals surface area contributed by atoms with Crippen LogP contribution in [-0.4, -0.2) is 17.7 Å². The number of rotatable bonds is 3. The Hall–Kier alpha value is -2.26. The molecule has 1 heterocycles. The number of carbonyl (C=O) groups is 1. The van der Waals surface area contributed by atoms with Gasteiger partial charge in [0, 0.05) is 5.54 Å². The molecule has 4 heteroatoms. The normalized spacial score (nSPS) is 18.8. The van der Waals surface area contributed by atoms with Gasteiger partial charge in [0.25, 0.3) is 0 Å². The summed E-state index contributed by atoms with van der Waals surface area (Å²) < 4.78 is 5.81. The molecule has 0 spiro atoms. The maximum absolute atomic E-state index is 11.3. The molecule has 0 amide bonds. The SMILES string of the molecule is O=C(O)c1ccc2c(c1)C(Cc1ccccc1)CC(=CCl)CO2. The molecule has 0 bridgehead atoms. The lowest BCUT2D eigenvalue weighted by Gasteiger charge is -2.17. The van der Waals surface area contributed by atoms with Gasteiger partial charge >= 0.3 is 5.97 Å². The van der Waals surface area contributed by atoms with Crippen molar-refractivity contribution in [3.63, 3.8) is 0 Å². The molecule has 23 heavy (non-hydrogen) atoms. The molecule has 1 aliphatic rings. The zero-order valence-corrected chi connectivity index (χ0v) is 13.3. The number of benzene rings is 2. The molecular formula is C19H17ClO3. The van der Waals surface area contributed by atoms with Crippen LogP contribution in [0.4, 0.5) is 0 Å². The Morgan fingerprint density at radius 3 is 2.74 bits per heavy atom. The van der Waals surface area contributed by atoms with Gasteiger partial charge in [-0.3, -0.25) is 0 Å². The van der Waals surface area contributed by atoms with Crippen LogP contribution in [0.2, 0.25) is 0 Å². The third-order valence-electron chi connectivity index (χ3n) is 4.10. The van der Waals surface area contributed by atoms with Crippen LogP contribution in [0, 0.1) is 0 Å². The zero-order chi connectivity index (χ0) is 16.2. The number of ether oxygens (including phenoxy) is 1. The van der Waals surface area contributed by atoms with E-state index in [0.29, 0.717) is 6.61 Å². The Bertz CT molecular complexity index is 738. The van der Waals surface area contributed by atoms with Crippen LogP contribution in [-0.2, 0) is 6.42 Å². The Balaban J connectivity index is 2.01. The van der Waals surface area contributed by atoms with Crippen molar-refractivity contribution in [2.45, 2.75) is 18.8 Å². The Morgan fingerprint density at radius 1 is 1.26 bits per heavy atom. The first-order valence-electron chi connectivity index (χ1n) is 7.49. The van der Waals surface area contributed by atoms with E-state index in [2.05, 4.69) is 12.1 Å². The van der Waals surface area contributed by atoms with E-state index in [9.17, 15) is 9.90 Å². The number of carboxylic acids is 1. The summed E-state index contributed by atoms with van der Waals surface area (Å²) in [6.07, 6.45) is 1.57. The average molecular weight is 329 g/mol. The highest BCUT2D eigenvalue weighted by atomic mass is 35.5. The molecule has 3 nitrogen and oxygen atoms in total. The van der Waals surface area contributed by atoms with Gasteiger partial charge in [0.05, 0.1) is 5.56 Å². The monoisotopic (exact) mass is 328 g/mol. The summed E-state index contributed by atoms with van der Waals surface area (Å²) in [6.45, 7) is 0.439. The van der Waals surface area contributed by atoms with Gasteiger partial charge in [-0.25, -0.2) is 4.79 Å². The first kappa shape index (κ1) is 15.6. The summed E-state index contributed by atoms with van der Waals surface area (Å²) >= 11 is 5.91. The van der Waals surface area contributed by atoms with Crippen LogP contribution in [0.5, 0.6) is 5.75 Å². The fourth-order valence-electron chi connectivity index (χ4n) is 2.94. The van der Waals surface area contributed by atoms with Crippen molar-refractivity contribution in [1.29, 1.82) is 0 Å². The first-order valence-corrected chi connectivity index (χ1v) is 7.93. The van der Waals surface area contributed by atoms with Crippen molar-refractivity contribution in [1.82, 2.24) is 0 Å². The van der Waals surface area contributed by atoms with E-state index < -0.39 is 5.97 Å². The van der Waals surface area contributed by atoms with Crippen LogP contribution < -0.4 is 4.74 Å². The minimum absolute atomic E-state index is 0.138. The molecule has 0 aliphatic carbocycles. The van der Waals surface area contributed by atoms with Crippen molar-refractivity contribution in [2.24, 2.45) is 0 Å². The molecule has 3 rings (SSSR count). The highest BCUT2D eigenvalue weighted by molar-refractivity contribution is 6.25. The second kappa shape index (κ2) is 6.88. The Kier molecular flexibility index (Phi) is 4.68. The van der Waals surface area contributed by atoms with Crippen molar-refractivity contribution in [3.8, 4) is 5.75 Å². The topological polar surface area (TPSA) is 46.5 Å². The molecule has 118 valence electrons. The fraction of sp³-hybridized carbons (Fsp3) is 0.211. The van der Waals surface area contributed by atoms with Gasteiger partial charge < -0.3 is 9.84 Å². The second-order valence-electron chi connectivity index (χ2n) is 5.70. The van der Waals surface area contributed by atoms with Crippen LogP contribution in [0.3, 0.4) is 0 Å². The van der Waals surface area contributed by atoms with Crippen LogP contribution in [0.1, 0.15) is 33.8 Å². The summed E-state index contributed by atoms with van der Waals surface area (Å²) in [5, 5.41) is 9.26. The summed E-state index contributed by atoms with van der Waals surface area (Å²) in [5.41, 5.74) is 5.01. The zero-order valence-electron chi connectivity index (χ0n) is 12.5. The van der Waals surface area contributed by atoms with Gasteiger partial charge in [-0.15, -0.1) is 0 Å². The maximum atomic E-state index is 11.3. The van der Waals surface area contributed by atoms with Crippen LogP contribution in [0.15, 0.2) is 59.6 Å². The molecule has 1 N–H and O–H groups in total. The number of carboxylic acid groups (broad SMARTS) is 1. The van der Waals surface area contributed by atoms with E-state index in [1.807, 2.05) is 18.2 Å². The summed E-state index contributed by atoms with van der Waals surface area (Å²) in [7, 11) is 0. The Labute approximate surface area is 140 Å². The van der Waals surface area contributed by atoms with Crippen molar-refractivity contribution >= 4 is 17.6 Å². The highest BCUT2D eigenvalue weighted by Gasteiger charge is 2.24. The summed E-state index contributed by atoms with van der Waals surface area (Å²) in [5.74, 6) is -0.0488. The van der Waals surface area contributed by atoms with Crippen LogP contribution >= 0.6 is 11.6 Å². The molecule has 0 fully saturated rings. The van der Waals surface area contributed by atoms with E-state index in [0.717, 1.165) is 29.7 Å². The predicted molar refractivity (Wildman–Crippen MR) is 90.3 cm³/mol. The van der Waals surface area contributed by atoms with Crippen molar-refractivity contribution in [2.75, 3.05) is 6.61 Å². The first-order chi connectivity index (χ1) is 11.2. The molecule has 0 radical (unpaired) electrons. The minimum Gasteiger partial charge on any atom is -0.489 e. The number of halogens is 1. The average Bonchev–Trinajstić information content (AvgIpc) is 2.75. The van der Waals surface area contributed by atoms with E-state index in [4.69, 9.17) is 16.3 Å². The van der Waals surface area contributed by atoms with Crippen molar-refractivity contribution in [3.05, 3.63) is 76.3 Å². The standard InChI is InChI=1S/C19H17ClO3/c20-11-14-9-16(8-13-4-2-1-3-5-13)17-10-15(19(21)22)6-7-18(17)23-12-14/h1-7,10-11,16H,8-9,12H2,(H,21,22). The largest absolute Gasteiger partial charge is 0.489 e. The summed E-state index contributed by atoms with van der Waals surface area (Å²) in [6, 6.07) is 15.2. The quantitative estimate of drug-likeness (QED) is 0.894. The molecule has 0 saturated carbocycles. The predicted octanol–water partition coefficient (Wildman–Crippen LogP) is 4.62. The molecule has 0 saturated heterocycles. The third-order valence-corrected chi connectivity index (χ3v) is 4.41. The van der Waals surface area contributed by atoms with Gasteiger partial charge in [0.2, 0.25) is 0 Å². The van der Waals surface area contributed by atoms with E-state index in [1.165, 1.54) is 5.56 Å². The smallest absolute Gasteiger partial charge is 0.335 e. The molecule has 2 aromatic rings. The summed E-state index contributed by atoms with van der Waals surface area (Å²) in [4.78, 5) is 11.3. The fourth-order valence-corrected chi connectivity index (χ4v) is 3.10. The van der Waals surface area contributed by atoms with Crippen molar-refractivity contribution < 1.29 is 14.6 Å². The lowest BCUT2D eigenvalue weighted by Crippen LogP contribution is -2.05. The second-order valence-corrected chi connectivity index (χ2v) is 5.92. The number of hydrogen-bond acceptors (Lipinski definition) is 2. The highest BCUT2D eigenvalue weighted by Crippen LogP contribution is 2.37. The minimum atomic E-state index is -0.927. The molecular weight excluding hydrogens is 312 g/mol. The lowest BCUT2D eigenvalue weighted by molar-refractivity contribution is 0.0696. The molecule has 0 aromatic heterocycles. The van der Waals surface area contributed by atoms with E-state index in [1.54, 1.807) is 23.7 Å². The maximum Gasteiger partial charge on any atom is 0.335 e. The lowest BCUT2D eigenvalue weighted by atomic mass is 9.86.